The Labute approximate surface area is 363 Å². The molecule has 0 radical (unpaired) electrons. The number of nitrogens with zero attached hydrogens (tertiary/aromatic N) is 4. The van der Waals surface area contributed by atoms with Gasteiger partial charge in [0.05, 0.1) is 26.3 Å². The minimum atomic E-state index is -1.40. The van der Waals surface area contributed by atoms with E-state index in [0.717, 1.165) is 63.0 Å². The average Bonchev–Trinajstić information content (AvgIpc) is 4.04. The van der Waals surface area contributed by atoms with Crippen LogP contribution in [0.1, 0.15) is 91.2 Å². The molecule has 8 fully saturated rings. The molecule has 332 valence electrons. The van der Waals surface area contributed by atoms with Gasteiger partial charge in [-0.1, -0.05) is 50.2 Å². The third-order valence-electron chi connectivity index (χ3n) is 18.4. The van der Waals surface area contributed by atoms with E-state index < -0.39 is 57.6 Å². The Balaban J connectivity index is 0.000000139. The highest BCUT2D eigenvalue weighted by molar-refractivity contribution is 5.89. The number of rotatable bonds is 6. The summed E-state index contributed by atoms with van der Waals surface area (Å²) in [5.74, 6) is -1.67. The molecule has 6 saturated heterocycles. The topological polar surface area (TPSA) is 137 Å². The maximum atomic E-state index is 13.8. The van der Waals surface area contributed by atoms with Crippen LogP contribution in [0.2, 0.25) is 0 Å². The van der Waals surface area contributed by atoms with Crippen LogP contribution in [0.15, 0.2) is 48.5 Å². The summed E-state index contributed by atoms with van der Waals surface area (Å²) in [6.07, 6.45) is 3.54. The molecule has 0 N–H and O–H groups in total. The van der Waals surface area contributed by atoms with Crippen LogP contribution in [-0.4, -0.2) is 134 Å². The van der Waals surface area contributed by atoms with Gasteiger partial charge in [-0.2, -0.15) is 0 Å². The lowest BCUT2D eigenvalue weighted by atomic mass is 9.47. The molecule has 2 aromatic carbocycles. The normalized spacial score (nSPS) is 46.1. The van der Waals surface area contributed by atoms with Gasteiger partial charge in [-0.25, -0.2) is 9.59 Å². The molecule has 0 aromatic heterocycles. The summed E-state index contributed by atoms with van der Waals surface area (Å²) in [4.78, 5) is 61.6. The summed E-state index contributed by atoms with van der Waals surface area (Å²) in [6, 6.07) is 16.5. The number of carbonyl (C=O) groups is 4. The number of hydrogen-bond donors (Lipinski definition) is 0. The molecule has 2 aromatic rings. The number of fused-ring (bicyclic) bond motifs is 10. The van der Waals surface area contributed by atoms with Gasteiger partial charge in [0.15, 0.2) is 12.2 Å². The van der Waals surface area contributed by atoms with E-state index in [2.05, 4.69) is 83.7 Å². The number of anilines is 2. The Morgan fingerprint density at radius 2 is 1.00 bits per heavy atom. The van der Waals surface area contributed by atoms with Gasteiger partial charge < -0.3 is 38.2 Å². The number of ether oxygens (including phenoxy) is 6. The Morgan fingerprint density at radius 3 is 1.34 bits per heavy atom. The summed E-state index contributed by atoms with van der Waals surface area (Å²) >= 11 is 0. The van der Waals surface area contributed by atoms with Crippen molar-refractivity contribution in [1.29, 1.82) is 0 Å². The average molecular weight is 853 g/mol. The van der Waals surface area contributed by atoms with Crippen molar-refractivity contribution in [2.24, 2.45) is 10.8 Å². The molecule has 6 bridgehead atoms. The lowest BCUT2D eigenvalue weighted by Crippen LogP contribution is -2.81. The van der Waals surface area contributed by atoms with Gasteiger partial charge in [0.1, 0.15) is 11.4 Å². The van der Waals surface area contributed by atoms with Crippen LogP contribution in [0.25, 0.3) is 0 Å². The third kappa shape index (κ3) is 4.03. The first-order chi connectivity index (χ1) is 29.5. The number of hydrogen-bond acceptors (Lipinski definition) is 14. The van der Waals surface area contributed by atoms with Crippen molar-refractivity contribution in [3.05, 3.63) is 59.7 Å². The monoisotopic (exact) mass is 852 g/mol. The van der Waals surface area contributed by atoms with Crippen molar-refractivity contribution in [3.8, 4) is 0 Å². The fraction of sp³-hybridized carbons (Fsp3) is 0.667. The van der Waals surface area contributed by atoms with Gasteiger partial charge >= 0.3 is 23.9 Å². The summed E-state index contributed by atoms with van der Waals surface area (Å²) in [5, 5.41) is 0. The molecule has 14 atom stereocenters. The number of carbonyl (C=O) groups excluding carboxylic acids is 4. The SMILES string of the molecule is CC[C@]12C[C@@]3(C)O[C@](C(=O)OC)([C@H]4N(C)c5ccccc5[C@]45CCN3[C@H]15)[C@H]2OC(C)=O.CC[C@]12C[C@@]3(C)O[C@](C(=O)OC)([C@H]4N(C)c5ccccc5[C@]45CCN3[C@H]15)[C@H]2OC(C)=O. The molecule has 12 rings (SSSR count). The molecule has 2 spiro atoms. The van der Waals surface area contributed by atoms with Gasteiger partial charge in [0.25, 0.3) is 0 Å². The molecule has 2 saturated carbocycles. The second-order valence-electron chi connectivity index (χ2n) is 20.5. The van der Waals surface area contributed by atoms with Crippen molar-refractivity contribution in [2.45, 2.75) is 150 Å². The fourth-order valence-electron chi connectivity index (χ4n) is 17.4. The van der Waals surface area contributed by atoms with E-state index >= 15 is 0 Å². The highest BCUT2D eigenvalue weighted by atomic mass is 16.6. The third-order valence-corrected chi connectivity index (χ3v) is 18.4. The van der Waals surface area contributed by atoms with Crippen LogP contribution in [0.3, 0.4) is 0 Å². The highest BCUT2D eigenvalue weighted by Gasteiger charge is 2.91. The second kappa shape index (κ2) is 12.3. The first kappa shape index (κ1) is 40.5. The van der Waals surface area contributed by atoms with Crippen molar-refractivity contribution < 1.29 is 47.6 Å². The van der Waals surface area contributed by atoms with Gasteiger partial charge in [0.2, 0.25) is 11.2 Å². The summed E-state index contributed by atoms with van der Waals surface area (Å²) in [5.41, 5.74) is -0.576. The van der Waals surface area contributed by atoms with Crippen LogP contribution in [-0.2, 0) is 58.4 Å². The van der Waals surface area contributed by atoms with Crippen LogP contribution in [0.5, 0.6) is 0 Å². The molecule has 14 nitrogen and oxygen atoms in total. The molecule has 8 aliphatic heterocycles. The molecule has 10 aliphatic rings. The zero-order valence-corrected chi connectivity index (χ0v) is 37.6. The maximum Gasteiger partial charge on any atom is 0.344 e. The Morgan fingerprint density at radius 1 is 0.629 bits per heavy atom. The largest absolute Gasteiger partial charge is 0.467 e. The molecule has 0 unspecified atom stereocenters. The Bertz CT molecular complexity index is 2190. The molecule has 14 heteroatoms. The van der Waals surface area contributed by atoms with Gasteiger partial charge in [-0.15, -0.1) is 0 Å². The smallest absolute Gasteiger partial charge is 0.344 e. The number of methoxy groups -OCH3 is 2. The van der Waals surface area contributed by atoms with E-state index in [-0.39, 0.29) is 46.9 Å². The molecule has 8 heterocycles. The number of esters is 4. The predicted molar refractivity (Wildman–Crippen MR) is 225 cm³/mol. The quantitative estimate of drug-likeness (QED) is 0.299. The summed E-state index contributed by atoms with van der Waals surface area (Å²) in [7, 11) is 6.88. The fourth-order valence-corrected chi connectivity index (χ4v) is 17.4. The minimum Gasteiger partial charge on any atom is -0.467 e. The molecular weight excluding hydrogens is 793 g/mol. The van der Waals surface area contributed by atoms with E-state index in [1.807, 2.05) is 26.2 Å². The Kier molecular flexibility index (Phi) is 8.04. The highest BCUT2D eigenvalue weighted by Crippen LogP contribution is 2.77. The molecular formula is C48H60N4O10. The van der Waals surface area contributed by atoms with Crippen molar-refractivity contribution >= 4 is 35.3 Å². The lowest BCUT2D eigenvalue weighted by molar-refractivity contribution is -0.294. The van der Waals surface area contributed by atoms with Crippen LogP contribution in [0, 0.1) is 10.8 Å². The van der Waals surface area contributed by atoms with E-state index in [1.54, 1.807) is 0 Å². The van der Waals surface area contributed by atoms with Crippen molar-refractivity contribution in [2.75, 3.05) is 51.2 Å². The first-order valence-corrected chi connectivity index (χ1v) is 22.6. The van der Waals surface area contributed by atoms with Gasteiger partial charge in [0, 0.05) is 99.0 Å². The van der Waals surface area contributed by atoms with Gasteiger partial charge in [-0.3, -0.25) is 19.4 Å². The van der Waals surface area contributed by atoms with Gasteiger partial charge in [-0.05, 0) is 62.8 Å². The summed E-state index contributed by atoms with van der Waals surface area (Å²) in [6.45, 7) is 13.1. The second-order valence-corrected chi connectivity index (χ2v) is 20.5. The summed E-state index contributed by atoms with van der Waals surface area (Å²) < 4.78 is 36.9. The van der Waals surface area contributed by atoms with Crippen LogP contribution in [0.4, 0.5) is 11.4 Å². The van der Waals surface area contributed by atoms with E-state index in [1.165, 1.54) is 39.2 Å². The number of likely N-dealkylation sites (N-methyl/N-ethyl adjacent to an activating group) is 2. The first-order valence-electron chi connectivity index (χ1n) is 22.6. The van der Waals surface area contributed by atoms with Crippen molar-refractivity contribution in [3.63, 3.8) is 0 Å². The molecule has 0 amide bonds. The van der Waals surface area contributed by atoms with Crippen LogP contribution < -0.4 is 9.80 Å². The van der Waals surface area contributed by atoms with Crippen molar-refractivity contribution in [1.82, 2.24) is 9.80 Å². The zero-order chi connectivity index (χ0) is 43.9. The molecule has 62 heavy (non-hydrogen) atoms. The van der Waals surface area contributed by atoms with E-state index in [4.69, 9.17) is 28.4 Å². The minimum absolute atomic E-state index is 0.121. The number of para-hydroxylation sites is 2. The lowest BCUT2D eigenvalue weighted by Gasteiger charge is -2.63. The molecule has 2 aliphatic carbocycles. The van der Waals surface area contributed by atoms with E-state index in [0.29, 0.717) is 0 Å². The standard InChI is InChI=1S/2C24H30N2O5/c2*1-6-22-13-21(3)26-12-11-23(17(22)26)15-9-7-8-10-16(15)25(4)18(23)24(31-21,20(28)29-5)19(22)30-14(2)27/h2*7-10,17-19H,6,11-13H2,1-5H3/t2*17-,18+,19+,21-,22+,23+,24-/m11/s1. The number of benzene rings is 2. The zero-order valence-electron chi connectivity index (χ0n) is 37.6. The predicted octanol–water partition coefficient (Wildman–Crippen LogP) is 4.44. The Hall–Kier alpha value is -4.24. The maximum absolute atomic E-state index is 13.8. The van der Waals surface area contributed by atoms with Crippen LogP contribution >= 0.6 is 0 Å². The van der Waals surface area contributed by atoms with E-state index in [9.17, 15) is 19.2 Å².